The molecule has 10 heteroatoms. The van der Waals surface area contributed by atoms with Crippen molar-refractivity contribution in [1.29, 1.82) is 0 Å². The smallest absolute Gasteiger partial charge is 0.295 e. The van der Waals surface area contributed by atoms with Gasteiger partial charge in [-0.2, -0.15) is 5.10 Å². The minimum Gasteiger partial charge on any atom is -0.399 e. The third-order valence-corrected chi connectivity index (χ3v) is 4.08. The maximum atomic E-state index is 11.3. The highest BCUT2D eigenvalue weighted by molar-refractivity contribution is 7.89. The van der Waals surface area contributed by atoms with E-state index in [0.29, 0.717) is 11.4 Å². The molecule has 0 aromatic heterocycles. The molecule has 0 spiro atoms. The summed E-state index contributed by atoms with van der Waals surface area (Å²) in [5.74, 6) is 0. The van der Waals surface area contributed by atoms with Gasteiger partial charge in [-0.05, 0) is 36.8 Å². The Balaban J connectivity index is 2.33. The van der Waals surface area contributed by atoms with Crippen molar-refractivity contribution in [2.75, 3.05) is 11.2 Å². The molecule has 9 nitrogen and oxygen atoms in total. The highest BCUT2D eigenvalue weighted by Crippen LogP contribution is 2.27. The summed E-state index contributed by atoms with van der Waals surface area (Å²) in [6.07, 6.45) is 0. The van der Waals surface area contributed by atoms with E-state index in [0.717, 1.165) is 11.6 Å². The second-order valence-corrected chi connectivity index (χ2v) is 6.47. The monoisotopic (exact) mass is 349 g/mol. The molecule has 0 aliphatic heterocycles. The Morgan fingerprint density at radius 1 is 1.21 bits per heavy atom. The number of nitrogens with zero attached hydrogens (tertiary/aromatic N) is 2. The van der Waals surface area contributed by atoms with E-state index in [4.69, 9.17) is 10.9 Å². The average Bonchev–Trinajstić information content (AvgIpc) is 2.52. The number of hydrogen-bond donors (Lipinski definition) is 3. The van der Waals surface area contributed by atoms with Crippen LogP contribution in [0, 0.1) is 10.1 Å². The first-order chi connectivity index (χ1) is 11.2. The van der Waals surface area contributed by atoms with Crippen LogP contribution in [0.5, 0.6) is 0 Å². The Hall–Kier alpha value is -2.98. The van der Waals surface area contributed by atoms with Gasteiger partial charge in [-0.3, -0.25) is 15.5 Å². The lowest BCUT2D eigenvalue weighted by molar-refractivity contribution is -0.384. The van der Waals surface area contributed by atoms with Crippen molar-refractivity contribution in [3.63, 3.8) is 0 Å². The van der Waals surface area contributed by atoms with Crippen molar-refractivity contribution in [2.45, 2.75) is 11.8 Å². The molecule has 0 fully saturated rings. The second kappa shape index (κ2) is 6.64. The summed E-state index contributed by atoms with van der Waals surface area (Å²) < 4.78 is 22.6. The minimum absolute atomic E-state index is 0.0437. The van der Waals surface area contributed by atoms with Crippen LogP contribution in [-0.4, -0.2) is 19.1 Å². The van der Waals surface area contributed by atoms with Crippen LogP contribution in [-0.2, 0) is 10.0 Å². The minimum atomic E-state index is -4.03. The lowest BCUT2D eigenvalue weighted by atomic mass is 10.1. The average molecular weight is 349 g/mol. The number of rotatable bonds is 5. The van der Waals surface area contributed by atoms with E-state index in [-0.39, 0.29) is 10.6 Å². The van der Waals surface area contributed by atoms with Crippen LogP contribution in [0.3, 0.4) is 0 Å². The lowest BCUT2D eigenvalue weighted by Gasteiger charge is -2.06. The predicted octanol–water partition coefficient (Wildman–Crippen LogP) is 1.66. The van der Waals surface area contributed by atoms with Crippen molar-refractivity contribution < 1.29 is 13.3 Å². The molecule has 2 rings (SSSR count). The van der Waals surface area contributed by atoms with Gasteiger partial charge in [-0.25, -0.2) is 13.6 Å². The Morgan fingerprint density at radius 3 is 2.38 bits per heavy atom. The van der Waals surface area contributed by atoms with E-state index in [1.165, 1.54) is 12.1 Å². The summed E-state index contributed by atoms with van der Waals surface area (Å²) >= 11 is 0. The molecular weight excluding hydrogens is 334 g/mol. The van der Waals surface area contributed by atoms with Crippen LogP contribution >= 0.6 is 0 Å². The molecular formula is C14H15N5O4S. The van der Waals surface area contributed by atoms with Gasteiger partial charge in [0.05, 0.1) is 15.5 Å². The predicted molar refractivity (Wildman–Crippen MR) is 91.2 cm³/mol. The van der Waals surface area contributed by atoms with Gasteiger partial charge < -0.3 is 5.73 Å². The highest BCUT2D eigenvalue weighted by Gasteiger charge is 2.18. The normalized spacial score (nSPS) is 12.0. The van der Waals surface area contributed by atoms with E-state index >= 15 is 0 Å². The number of nitrogens with two attached hydrogens (primary N) is 2. The molecule has 0 saturated heterocycles. The molecule has 5 N–H and O–H groups in total. The third-order valence-electron chi connectivity index (χ3n) is 3.17. The fourth-order valence-electron chi connectivity index (χ4n) is 1.87. The molecule has 0 radical (unpaired) electrons. The maximum Gasteiger partial charge on any atom is 0.295 e. The SMILES string of the molecule is CC(=NNc1ccc(S(N)(=O)=O)cc1[N+](=O)[O-])c1ccc(N)cc1. The highest BCUT2D eigenvalue weighted by atomic mass is 32.2. The van der Waals surface area contributed by atoms with Crippen LogP contribution in [0.15, 0.2) is 52.5 Å². The number of primary sulfonamides is 1. The number of hydrogen-bond acceptors (Lipinski definition) is 7. The van der Waals surface area contributed by atoms with Gasteiger partial charge in [0.15, 0.2) is 0 Å². The molecule has 0 saturated carbocycles. The lowest BCUT2D eigenvalue weighted by Crippen LogP contribution is -2.12. The summed E-state index contributed by atoms with van der Waals surface area (Å²) in [5, 5.41) is 20.2. The number of sulfonamides is 1. The molecule has 0 unspecified atom stereocenters. The quantitative estimate of drug-likeness (QED) is 0.323. The molecule has 2 aromatic rings. The van der Waals surface area contributed by atoms with Crippen molar-refractivity contribution in [1.82, 2.24) is 0 Å². The summed E-state index contributed by atoms with van der Waals surface area (Å²) in [4.78, 5) is 10.1. The Kier molecular flexibility index (Phi) is 4.81. The van der Waals surface area contributed by atoms with Crippen LogP contribution < -0.4 is 16.3 Å². The maximum absolute atomic E-state index is 11.3. The first-order valence-electron chi connectivity index (χ1n) is 6.66. The molecule has 0 amide bonds. The molecule has 2 aromatic carbocycles. The molecule has 0 bridgehead atoms. The number of anilines is 2. The zero-order valence-corrected chi connectivity index (χ0v) is 13.4. The zero-order chi connectivity index (χ0) is 17.9. The van der Waals surface area contributed by atoms with Gasteiger partial charge in [0.2, 0.25) is 10.0 Å². The van der Waals surface area contributed by atoms with Crippen LogP contribution in [0.25, 0.3) is 0 Å². The number of nitrogen functional groups attached to an aromatic ring is 1. The number of nitrogens with one attached hydrogen (secondary N) is 1. The summed E-state index contributed by atoms with van der Waals surface area (Å²) in [6.45, 7) is 1.71. The first-order valence-corrected chi connectivity index (χ1v) is 8.20. The van der Waals surface area contributed by atoms with E-state index < -0.39 is 20.6 Å². The Bertz CT molecular complexity index is 907. The van der Waals surface area contributed by atoms with E-state index in [1.54, 1.807) is 31.2 Å². The molecule has 24 heavy (non-hydrogen) atoms. The van der Waals surface area contributed by atoms with Crippen LogP contribution in [0.2, 0.25) is 0 Å². The standard InChI is InChI=1S/C14H15N5O4S/c1-9(10-2-4-11(15)5-3-10)17-18-13-7-6-12(24(16,22)23)8-14(13)19(20)21/h2-8,18H,15H2,1H3,(H2,16,22,23). The van der Waals surface area contributed by atoms with Gasteiger partial charge in [-0.1, -0.05) is 12.1 Å². The first kappa shape index (κ1) is 17.4. The van der Waals surface area contributed by atoms with Gasteiger partial charge >= 0.3 is 0 Å². The number of benzene rings is 2. The second-order valence-electron chi connectivity index (χ2n) is 4.91. The third kappa shape index (κ3) is 4.06. The number of nitro benzene ring substituents is 1. The summed E-state index contributed by atoms with van der Waals surface area (Å²) in [7, 11) is -4.03. The van der Waals surface area contributed by atoms with Gasteiger partial charge in [0.1, 0.15) is 5.69 Å². The van der Waals surface area contributed by atoms with Crippen molar-refractivity contribution in [2.24, 2.45) is 10.2 Å². The largest absolute Gasteiger partial charge is 0.399 e. The van der Waals surface area contributed by atoms with Gasteiger partial charge in [0.25, 0.3) is 5.69 Å². The van der Waals surface area contributed by atoms with Crippen LogP contribution in [0.4, 0.5) is 17.1 Å². The molecule has 0 aliphatic carbocycles. The van der Waals surface area contributed by atoms with Crippen LogP contribution in [0.1, 0.15) is 12.5 Å². The summed E-state index contributed by atoms with van der Waals surface area (Å²) in [6, 6.07) is 10.2. The number of hydrazone groups is 1. The van der Waals surface area contributed by atoms with E-state index in [9.17, 15) is 18.5 Å². The van der Waals surface area contributed by atoms with E-state index in [1.807, 2.05) is 0 Å². The zero-order valence-electron chi connectivity index (χ0n) is 12.6. The van der Waals surface area contributed by atoms with Crippen molar-refractivity contribution in [3.05, 3.63) is 58.1 Å². The number of nitro groups is 1. The fourth-order valence-corrected chi connectivity index (χ4v) is 2.40. The topological polar surface area (TPSA) is 154 Å². The van der Waals surface area contributed by atoms with Gasteiger partial charge in [-0.15, -0.1) is 0 Å². The van der Waals surface area contributed by atoms with Gasteiger partial charge in [0, 0.05) is 11.8 Å². The Morgan fingerprint density at radius 2 is 1.83 bits per heavy atom. The van der Waals surface area contributed by atoms with Crippen molar-refractivity contribution >= 4 is 32.8 Å². The van der Waals surface area contributed by atoms with E-state index in [2.05, 4.69) is 10.5 Å². The molecule has 0 aliphatic rings. The molecule has 0 heterocycles. The summed E-state index contributed by atoms with van der Waals surface area (Å²) in [5.41, 5.74) is 9.72. The van der Waals surface area contributed by atoms with Crippen molar-refractivity contribution in [3.8, 4) is 0 Å². The fraction of sp³-hybridized carbons (Fsp3) is 0.0714. The molecule has 126 valence electrons. The molecule has 0 atom stereocenters. The Labute approximate surface area is 138 Å².